The molecule has 0 aliphatic rings. The normalized spacial score (nSPS) is 12.7. The van der Waals surface area contributed by atoms with Crippen molar-refractivity contribution in [3.05, 3.63) is 55.6 Å². The van der Waals surface area contributed by atoms with Gasteiger partial charge in [0.2, 0.25) is 0 Å². The number of benzene rings is 1. The lowest BCUT2D eigenvalue weighted by atomic mass is 10.1. The van der Waals surface area contributed by atoms with Crippen LogP contribution in [0.4, 0.5) is 0 Å². The maximum atomic E-state index is 10.0. The highest BCUT2D eigenvalue weighted by molar-refractivity contribution is 9.10. The van der Waals surface area contributed by atoms with Gasteiger partial charge in [-0.3, -0.25) is 0 Å². The fraction of sp³-hybridized carbons (Fsp3) is 0.167. The molecule has 2 aromatic rings. The van der Waals surface area contributed by atoms with Gasteiger partial charge in [0.15, 0.2) is 0 Å². The molecule has 0 fully saturated rings. The van der Waals surface area contributed by atoms with Gasteiger partial charge in [-0.25, -0.2) is 0 Å². The Morgan fingerprint density at radius 2 is 2.00 bits per heavy atom. The van der Waals surface area contributed by atoms with E-state index in [0.29, 0.717) is 11.4 Å². The Hall–Kier alpha value is -0.350. The summed E-state index contributed by atoms with van der Waals surface area (Å²) >= 11 is 10.8. The SMILES string of the molecule is OC(Cc1cc(Br)cs1)c1ccc(Cl)cc1. The van der Waals surface area contributed by atoms with Crippen molar-refractivity contribution in [2.45, 2.75) is 12.5 Å². The second-order valence-electron chi connectivity index (χ2n) is 3.50. The van der Waals surface area contributed by atoms with Gasteiger partial charge < -0.3 is 5.11 Å². The predicted molar refractivity (Wildman–Crippen MR) is 72.1 cm³/mol. The van der Waals surface area contributed by atoms with E-state index in [0.717, 1.165) is 14.9 Å². The first-order valence-corrected chi connectivity index (χ1v) is 6.86. The Morgan fingerprint density at radius 3 is 2.56 bits per heavy atom. The largest absolute Gasteiger partial charge is 0.388 e. The number of halogens is 2. The van der Waals surface area contributed by atoms with E-state index in [-0.39, 0.29) is 0 Å². The minimum Gasteiger partial charge on any atom is -0.388 e. The summed E-state index contributed by atoms with van der Waals surface area (Å²) in [6, 6.07) is 9.34. The molecule has 2 rings (SSSR count). The van der Waals surface area contributed by atoms with Crippen LogP contribution >= 0.6 is 38.9 Å². The molecule has 0 spiro atoms. The summed E-state index contributed by atoms with van der Waals surface area (Å²) in [7, 11) is 0. The maximum Gasteiger partial charge on any atom is 0.0838 e. The number of aliphatic hydroxyl groups is 1. The van der Waals surface area contributed by atoms with Gasteiger partial charge in [-0.2, -0.15) is 0 Å². The van der Waals surface area contributed by atoms with Crippen LogP contribution in [0, 0.1) is 0 Å². The van der Waals surface area contributed by atoms with Gasteiger partial charge in [-0.05, 0) is 39.7 Å². The molecule has 1 heterocycles. The van der Waals surface area contributed by atoms with Crippen molar-refractivity contribution in [1.82, 2.24) is 0 Å². The fourth-order valence-electron chi connectivity index (χ4n) is 1.45. The highest BCUT2D eigenvalue weighted by Gasteiger charge is 2.09. The van der Waals surface area contributed by atoms with Crippen molar-refractivity contribution in [3.8, 4) is 0 Å². The summed E-state index contributed by atoms with van der Waals surface area (Å²) in [6.07, 6.45) is 0.167. The Bertz CT molecular complexity index is 466. The first-order chi connectivity index (χ1) is 7.65. The van der Waals surface area contributed by atoms with Gasteiger partial charge in [0, 0.05) is 26.2 Å². The lowest BCUT2D eigenvalue weighted by Gasteiger charge is -2.09. The molecule has 4 heteroatoms. The minimum atomic E-state index is -0.470. The van der Waals surface area contributed by atoms with Gasteiger partial charge >= 0.3 is 0 Å². The molecule has 0 aliphatic carbocycles. The Kier molecular flexibility index (Phi) is 4.03. The molecule has 1 nitrogen and oxygen atoms in total. The van der Waals surface area contributed by atoms with E-state index >= 15 is 0 Å². The topological polar surface area (TPSA) is 20.2 Å². The number of aliphatic hydroxyl groups excluding tert-OH is 1. The molecule has 1 N–H and O–H groups in total. The van der Waals surface area contributed by atoms with Crippen molar-refractivity contribution in [2.24, 2.45) is 0 Å². The van der Waals surface area contributed by atoms with Crippen molar-refractivity contribution < 1.29 is 5.11 Å². The monoisotopic (exact) mass is 316 g/mol. The average Bonchev–Trinajstić information content (AvgIpc) is 2.65. The summed E-state index contributed by atoms with van der Waals surface area (Å²) in [4.78, 5) is 1.16. The molecule has 16 heavy (non-hydrogen) atoms. The van der Waals surface area contributed by atoms with Gasteiger partial charge in [-0.1, -0.05) is 23.7 Å². The van der Waals surface area contributed by atoms with Crippen LogP contribution in [0.1, 0.15) is 16.5 Å². The zero-order chi connectivity index (χ0) is 11.5. The molecule has 84 valence electrons. The molecular weight excluding hydrogens is 308 g/mol. The van der Waals surface area contributed by atoms with E-state index in [2.05, 4.69) is 15.9 Å². The molecule has 1 aromatic heterocycles. The van der Waals surface area contributed by atoms with Gasteiger partial charge in [0.1, 0.15) is 0 Å². The molecular formula is C12H10BrClOS. The average molecular weight is 318 g/mol. The zero-order valence-corrected chi connectivity index (χ0v) is 11.5. The second-order valence-corrected chi connectivity index (χ2v) is 5.85. The molecule has 0 bridgehead atoms. The highest BCUT2D eigenvalue weighted by atomic mass is 79.9. The standard InChI is InChI=1S/C12H10BrClOS/c13-9-5-11(16-7-9)6-12(15)8-1-3-10(14)4-2-8/h1-5,7,12,15H,6H2. The van der Waals surface area contributed by atoms with E-state index in [1.54, 1.807) is 23.5 Å². The Labute approximate surface area is 112 Å². The zero-order valence-electron chi connectivity index (χ0n) is 8.36. The van der Waals surface area contributed by atoms with Crippen molar-refractivity contribution in [3.63, 3.8) is 0 Å². The van der Waals surface area contributed by atoms with Gasteiger partial charge in [0.05, 0.1) is 6.10 Å². The molecule has 0 saturated carbocycles. The van der Waals surface area contributed by atoms with E-state index in [1.807, 2.05) is 23.6 Å². The highest BCUT2D eigenvalue weighted by Crippen LogP contribution is 2.26. The number of hydrogen-bond acceptors (Lipinski definition) is 2. The second kappa shape index (κ2) is 5.32. The first-order valence-electron chi connectivity index (χ1n) is 4.81. The third-order valence-electron chi connectivity index (χ3n) is 2.27. The van der Waals surface area contributed by atoms with Crippen LogP contribution < -0.4 is 0 Å². The molecule has 1 atom stereocenters. The van der Waals surface area contributed by atoms with E-state index in [4.69, 9.17) is 11.6 Å². The molecule has 0 aliphatic heterocycles. The summed E-state index contributed by atoms with van der Waals surface area (Å²) < 4.78 is 1.07. The van der Waals surface area contributed by atoms with Crippen LogP contribution in [0.3, 0.4) is 0 Å². The van der Waals surface area contributed by atoms with Crippen molar-refractivity contribution in [1.29, 1.82) is 0 Å². The summed E-state index contributed by atoms with van der Waals surface area (Å²) in [5.41, 5.74) is 0.897. The smallest absolute Gasteiger partial charge is 0.0838 e. The molecule has 0 amide bonds. The van der Waals surface area contributed by atoms with Crippen LogP contribution in [0.25, 0.3) is 0 Å². The van der Waals surface area contributed by atoms with E-state index in [1.165, 1.54) is 0 Å². The molecule has 1 aromatic carbocycles. The lowest BCUT2D eigenvalue weighted by Crippen LogP contribution is -1.99. The minimum absolute atomic E-state index is 0.470. The number of thiophene rings is 1. The molecule has 1 unspecified atom stereocenters. The summed E-state index contributed by atoms with van der Waals surface area (Å²) in [6.45, 7) is 0. The van der Waals surface area contributed by atoms with Crippen LogP contribution in [-0.2, 0) is 6.42 Å². The van der Waals surface area contributed by atoms with Crippen molar-refractivity contribution >= 4 is 38.9 Å². The van der Waals surface area contributed by atoms with Gasteiger partial charge in [-0.15, -0.1) is 11.3 Å². The summed E-state index contributed by atoms with van der Waals surface area (Å²) in [5.74, 6) is 0. The number of rotatable bonds is 3. The quantitative estimate of drug-likeness (QED) is 0.887. The Balaban J connectivity index is 2.08. The lowest BCUT2D eigenvalue weighted by molar-refractivity contribution is 0.179. The third kappa shape index (κ3) is 3.08. The first kappa shape index (κ1) is 12.1. The van der Waals surface area contributed by atoms with Crippen LogP contribution in [0.2, 0.25) is 5.02 Å². The van der Waals surface area contributed by atoms with Crippen molar-refractivity contribution in [2.75, 3.05) is 0 Å². The van der Waals surface area contributed by atoms with Crippen LogP contribution in [0.5, 0.6) is 0 Å². The molecule has 0 saturated heterocycles. The van der Waals surface area contributed by atoms with E-state index in [9.17, 15) is 5.11 Å². The van der Waals surface area contributed by atoms with Gasteiger partial charge in [0.25, 0.3) is 0 Å². The molecule has 0 radical (unpaired) electrons. The number of hydrogen-bond donors (Lipinski definition) is 1. The summed E-state index contributed by atoms with van der Waals surface area (Å²) in [5, 5.41) is 12.7. The van der Waals surface area contributed by atoms with Crippen LogP contribution in [-0.4, -0.2) is 5.11 Å². The van der Waals surface area contributed by atoms with E-state index < -0.39 is 6.10 Å². The predicted octanol–water partition coefficient (Wildman–Crippen LogP) is 4.44. The Morgan fingerprint density at radius 1 is 1.31 bits per heavy atom. The third-order valence-corrected chi connectivity index (χ3v) is 4.24. The van der Waals surface area contributed by atoms with Crippen LogP contribution in [0.15, 0.2) is 40.2 Å². The fourth-order valence-corrected chi connectivity index (χ4v) is 3.07. The maximum absolute atomic E-state index is 10.0.